The Morgan fingerprint density at radius 3 is 3.25 bits per heavy atom. The number of fused-ring (bicyclic) bond motifs is 1. The molecule has 0 radical (unpaired) electrons. The van der Waals surface area contributed by atoms with Gasteiger partial charge in [0.15, 0.2) is 5.82 Å². The van der Waals surface area contributed by atoms with Crippen molar-refractivity contribution in [3.8, 4) is 11.8 Å². The van der Waals surface area contributed by atoms with Crippen LogP contribution in [-0.2, 0) is 6.54 Å². The second kappa shape index (κ2) is 5.45. The predicted octanol–water partition coefficient (Wildman–Crippen LogP) is 1.76. The van der Waals surface area contributed by atoms with Crippen LogP contribution in [0.2, 0.25) is 0 Å². The minimum Gasteiger partial charge on any atom is -0.490 e. The number of hydrogen-bond donors (Lipinski definition) is 2. The summed E-state index contributed by atoms with van der Waals surface area (Å²) in [5.74, 6) is 1.35. The first-order valence-corrected chi connectivity index (χ1v) is 6.32. The molecule has 1 aromatic carbocycles. The van der Waals surface area contributed by atoms with Gasteiger partial charge in [0.05, 0.1) is 17.4 Å². The summed E-state index contributed by atoms with van der Waals surface area (Å²) in [5.41, 5.74) is 2.55. The van der Waals surface area contributed by atoms with Crippen molar-refractivity contribution in [1.82, 2.24) is 10.2 Å². The van der Waals surface area contributed by atoms with E-state index in [2.05, 4.69) is 26.9 Å². The van der Waals surface area contributed by atoms with Crippen LogP contribution < -0.4 is 15.4 Å². The molecule has 0 unspecified atom stereocenters. The smallest absolute Gasteiger partial charge is 0.166 e. The van der Waals surface area contributed by atoms with Gasteiger partial charge in [-0.25, -0.2) is 0 Å². The molecule has 100 valence electrons. The van der Waals surface area contributed by atoms with Crippen molar-refractivity contribution < 1.29 is 4.74 Å². The van der Waals surface area contributed by atoms with Crippen LogP contribution in [0.25, 0.3) is 0 Å². The summed E-state index contributed by atoms with van der Waals surface area (Å²) in [6, 6.07) is 9.70. The molecule has 1 aliphatic rings. The van der Waals surface area contributed by atoms with Crippen LogP contribution in [0.1, 0.15) is 11.1 Å². The van der Waals surface area contributed by atoms with Crippen molar-refractivity contribution in [2.24, 2.45) is 0 Å². The monoisotopic (exact) mass is 267 g/mol. The van der Waals surface area contributed by atoms with Gasteiger partial charge in [0, 0.05) is 13.1 Å². The van der Waals surface area contributed by atoms with Crippen molar-refractivity contribution in [3.05, 3.63) is 41.6 Å². The minimum atomic E-state index is 0.482. The second-order valence-corrected chi connectivity index (χ2v) is 4.36. The molecule has 0 saturated heterocycles. The van der Waals surface area contributed by atoms with Crippen LogP contribution in [0.3, 0.4) is 0 Å². The third kappa shape index (κ3) is 2.47. The molecule has 2 aromatic rings. The highest BCUT2D eigenvalue weighted by Crippen LogP contribution is 2.28. The zero-order chi connectivity index (χ0) is 13.8. The fourth-order valence-corrected chi connectivity index (χ4v) is 2.03. The zero-order valence-corrected chi connectivity index (χ0v) is 10.8. The number of rotatable bonds is 3. The Labute approximate surface area is 116 Å². The number of nitrogens with one attached hydrogen (secondary N) is 2. The number of benzene rings is 1. The molecule has 3 rings (SSSR count). The molecule has 0 saturated carbocycles. The molecule has 0 aliphatic carbocycles. The van der Waals surface area contributed by atoms with Gasteiger partial charge in [-0.3, -0.25) is 0 Å². The van der Waals surface area contributed by atoms with Gasteiger partial charge in [-0.05, 0) is 23.8 Å². The maximum Gasteiger partial charge on any atom is 0.166 e. The molecule has 1 aromatic heterocycles. The van der Waals surface area contributed by atoms with Crippen molar-refractivity contribution >= 4 is 11.5 Å². The zero-order valence-electron chi connectivity index (χ0n) is 10.8. The SMILES string of the molecule is N#Cc1ccnnc1NCc1ccc2c(c1)OCCN2. The molecule has 2 N–H and O–H groups in total. The molecule has 0 spiro atoms. The van der Waals surface area contributed by atoms with Gasteiger partial charge < -0.3 is 15.4 Å². The normalized spacial score (nSPS) is 12.6. The number of ether oxygens (including phenoxy) is 1. The quantitative estimate of drug-likeness (QED) is 0.881. The fourth-order valence-electron chi connectivity index (χ4n) is 2.03. The second-order valence-electron chi connectivity index (χ2n) is 4.36. The predicted molar refractivity (Wildman–Crippen MR) is 74.5 cm³/mol. The molecule has 2 heterocycles. The van der Waals surface area contributed by atoms with Crippen LogP contribution in [0.5, 0.6) is 5.75 Å². The molecule has 0 amide bonds. The van der Waals surface area contributed by atoms with E-state index in [1.807, 2.05) is 18.2 Å². The van der Waals surface area contributed by atoms with Gasteiger partial charge in [-0.1, -0.05) is 6.07 Å². The standard InChI is InChI=1S/C14H13N5O/c15-8-11-3-4-18-19-14(11)17-9-10-1-2-12-13(7-10)20-6-5-16-12/h1-4,7,16H,5-6,9H2,(H,17,19). The van der Waals surface area contributed by atoms with E-state index >= 15 is 0 Å². The van der Waals surface area contributed by atoms with Crippen molar-refractivity contribution in [2.75, 3.05) is 23.8 Å². The molecular formula is C14H13N5O. The van der Waals surface area contributed by atoms with E-state index in [9.17, 15) is 0 Å². The number of nitrogens with zero attached hydrogens (tertiary/aromatic N) is 3. The Morgan fingerprint density at radius 1 is 1.40 bits per heavy atom. The summed E-state index contributed by atoms with van der Waals surface area (Å²) in [6.45, 7) is 2.06. The molecule has 6 nitrogen and oxygen atoms in total. The summed E-state index contributed by atoms with van der Waals surface area (Å²) < 4.78 is 5.59. The third-order valence-corrected chi connectivity index (χ3v) is 3.02. The Hall–Kier alpha value is -2.81. The minimum absolute atomic E-state index is 0.482. The Bertz CT molecular complexity index is 665. The van der Waals surface area contributed by atoms with Gasteiger partial charge in [0.1, 0.15) is 18.4 Å². The third-order valence-electron chi connectivity index (χ3n) is 3.02. The number of aromatic nitrogens is 2. The highest BCUT2D eigenvalue weighted by Gasteiger charge is 2.10. The van der Waals surface area contributed by atoms with E-state index in [1.165, 1.54) is 6.20 Å². The maximum absolute atomic E-state index is 8.99. The lowest BCUT2D eigenvalue weighted by atomic mass is 10.1. The van der Waals surface area contributed by atoms with E-state index in [-0.39, 0.29) is 0 Å². The fraction of sp³-hybridized carbons (Fsp3) is 0.214. The van der Waals surface area contributed by atoms with E-state index in [1.54, 1.807) is 6.07 Å². The van der Waals surface area contributed by atoms with Crippen LogP contribution >= 0.6 is 0 Å². The molecule has 1 aliphatic heterocycles. The van der Waals surface area contributed by atoms with E-state index in [0.29, 0.717) is 24.5 Å². The van der Waals surface area contributed by atoms with E-state index in [0.717, 1.165) is 23.5 Å². The van der Waals surface area contributed by atoms with Gasteiger partial charge in [0.25, 0.3) is 0 Å². The maximum atomic E-state index is 8.99. The Kier molecular flexibility index (Phi) is 3.33. The van der Waals surface area contributed by atoms with Gasteiger partial charge in [-0.2, -0.15) is 10.4 Å². The number of nitriles is 1. The first kappa shape index (κ1) is 12.2. The molecule has 0 bridgehead atoms. The Balaban J connectivity index is 1.74. The lowest BCUT2D eigenvalue weighted by Gasteiger charge is -2.19. The summed E-state index contributed by atoms with van der Waals surface area (Å²) in [7, 11) is 0. The van der Waals surface area contributed by atoms with E-state index < -0.39 is 0 Å². The lowest BCUT2D eigenvalue weighted by Crippen LogP contribution is -2.18. The summed E-state index contributed by atoms with van der Waals surface area (Å²) in [4.78, 5) is 0. The highest BCUT2D eigenvalue weighted by atomic mass is 16.5. The molecule has 20 heavy (non-hydrogen) atoms. The first-order chi connectivity index (χ1) is 9.86. The molecular weight excluding hydrogens is 254 g/mol. The van der Waals surface area contributed by atoms with Crippen molar-refractivity contribution in [3.63, 3.8) is 0 Å². The van der Waals surface area contributed by atoms with Crippen LogP contribution in [0, 0.1) is 11.3 Å². The van der Waals surface area contributed by atoms with Gasteiger partial charge in [-0.15, -0.1) is 5.10 Å². The lowest BCUT2D eigenvalue weighted by molar-refractivity contribution is 0.323. The molecule has 6 heteroatoms. The van der Waals surface area contributed by atoms with Crippen LogP contribution in [-0.4, -0.2) is 23.3 Å². The summed E-state index contributed by atoms with van der Waals surface area (Å²) in [5, 5.41) is 23.1. The van der Waals surface area contributed by atoms with E-state index in [4.69, 9.17) is 10.00 Å². The van der Waals surface area contributed by atoms with Gasteiger partial charge in [0.2, 0.25) is 0 Å². The number of anilines is 2. The van der Waals surface area contributed by atoms with Crippen LogP contribution in [0.4, 0.5) is 11.5 Å². The summed E-state index contributed by atoms with van der Waals surface area (Å²) >= 11 is 0. The average Bonchev–Trinajstić information content (AvgIpc) is 2.53. The largest absolute Gasteiger partial charge is 0.490 e. The average molecular weight is 267 g/mol. The highest BCUT2D eigenvalue weighted by molar-refractivity contribution is 5.59. The molecule has 0 atom stereocenters. The Morgan fingerprint density at radius 2 is 2.35 bits per heavy atom. The number of hydrogen-bond acceptors (Lipinski definition) is 6. The van der Waals surface area contributed by atoms with Crippen molar-refractivity contribution in [2.45, 2.75) is 6.54 Å². The topological polar surface area (TPSA) is 82.9 Å². The first-order valence-electron chi connectivity index (χ1n) is 6.32. The van der Waals surface area contributed by atoms with Crippen LogP contribution in [0.15, 0.2) is 30.5 Å². The molecule has 0 fully saturated rings. The van der Waals surface area contributed by atoms with Crippen molar-refractivity contribution in [1.29, 1.82) is 5.26 Å². The van der Waals surface area contributed by atoms with Gasteiger partial charge >= 0.3 is 0 Å². The summed E-state index contributed by atoms with van der Waals surface area (Å²) in [6.07, 6.45) is 1.50.